The monoisotopic (exact) mass is 460 g/mol. The number of piperidine rings is 1. The summed E-state index contributed by atoms with van der Waals surface area (Å²) in [6.45, 7) is 5.27. The number of aromatic nitrogens is 2. The van der Waals surface area contributed by atoms with Crippen LogP contribution in [0.3, 0.4) is 0 Å². The molecule has 0 radical (unpaired) electrons. The number of hydrogen-bond acceptors (Lipinski definition) is 4. The first kappa shape index (κ1) is 23.5. The van der Waals surface area contributed by atoms with Gasteiger partial charge in [-0.2, -0.15) is 0 Å². The van der Waals surface area contributed by atoms with Crippen molar-refractivity contribution in [1.29, 1.82) is 0 Å². The van der Waals surface area contributed by atoms with E-state index in [-0.39, 0.29) is 17.9 Å². The lowest BCUT2D eigenvalue weighted by molar-refractivity contribution is -0.132. The zero-order chi connectivity index (χ0) is 24.1. The summed E-state index contributed by atoms with van der Waals surface area (Å²) in [5, 5.41) is 3.11. The normalized spacial score (nSPS) is 15.7. The number of nitrogens with one attached hydrogen (secondary N) is 1. The van der Waals surface area contributed by atoms with Crippen molar-refractivity contribution in [1.82, 2.24) is 19.8 Å². The van der Waals surface area contributed by atoms with Crippen molar-refractivity contribution in [3.05, 3.63) is 77.4 Å². The molecular weight excluding hydrogens is 428 g/mol. The largest absolute Gasteiger partial charge is 0.495 e. The Bertz CT molecular complexity index is 1170. The van der Waals surface area contributed by atoms with Gasteiger partial charge in [-0.25, -0.2) is 4.98 Å². The molecule has 0 spiro atoms. The van der Waals surface area contributed by atoms with Crippen LogP contribution in [-0.2, 0) is 11.2 Å². The molecule has 1 aliphatic heterocycles. The molecule has 178 valence electrons. The maximum absolute atomic E-state index is 13.0. The van der Waals surface area contributed by atoms with Crippen LogP contribution in [0.2, 0.25) is 0 Å². The minimum absolute atomic E-state index is 0.0638. The first-order chi connectivity index (χ1) is 16.4. The van der Waals surface area contributed by atoms with Gasteiger partial charge < -0.3 is 19.5 Å². The number of aryl methyl sites for hydroxylation is 3. The first-order valence-electron chi connectivity index (χ1n) is 11.8. The Morgan fingerprint density at radius 2 is 2.03 bits per heavy atom. The molecule has 7 nitrogen and oxygen atoms in total. The SMILES string of the molecule is COc1cc(C(=O)NC2CCCN(C(=O)CCc3cccc(C)c3)C2)ccc1-n1cnc(C)c1. The lowest BCUT2D eigenvalue weighted by Gasteiger charge is -2.33. The summed E-state index contributed by atoms with van der Waals surface area (Å²) in [6.07, 6.45) is 6.58. The van der Waals surface area contributed by atoms with E-state index in [0.717, 1.165) is 37.2 Å². The van der Waals surface area contributed by atoms with Crippen molar-refractivity contribution in [2.24, 2.45) is 0 Å². The zero-order valence-electron chi connectivity index (χ0n) is 20.1. The minimum Gasteiger partial charge on any atom is -0.495 e. The molecule has 2 amide bonds. The lowest BCUT2D eigenvalue weighted by Crippen LogP contribution is -2.49. The molecule has 34 heavy (non-hydrogen) atoms. The average molecular weight is 461 g/mol. The van der Waals surface area contributed by atoms with E-state index in [2.05, 4.69) is 35.4 Å². The van der Waals surface area contributed by atoms with Gasteiger partial charge in [-0.05, 0) is 56.9 Å². The van der Waals surface area contributed by atoms with Gasteiger partial charge >= 0.3 is 0 Å². The molecule has 1 aliphatic rings. The van der Waals surface area contributed by atoms with E-state index in [1.54, 1.807) is 25.6 Å². The molecule has 2 heterocycles. The molecule has 0 aliphatic carbocycles. The van der Waals surface area contributed by atoms with Gasteiger partial charge in [0.15, 0.2) is 0 Å². The Morgan fingerprint density at radius 3 is 2.76 bits per heavy atom. The van der Waals surface area contributed by atoms with Crippen molar-refractivity contribution in [3.63, 3.8) is 0 Å². The van der Waals surface area contributed by atoms with Crippen LogP contribution in [0.15, 0.2) is 55.0 Å². The molecule has 4 rings (SSSR count). The third-order valence-electron chi connectivity index (χ3n) is 6.25. The van der Waals surface area contributed by atoms with E-state index in [9.17, 15) is 9.59 Å². The van der Waals surface area contributed by atoms with Crippen molar-refractivity contribution in [2.75, 3.05) is 20.2 Å². The topological polar surface area (TPSA) is 76.5 Å². The van der Waals surface area contributed by atoms with Gasteiger partial charge in [0, 0.05) is 37.3 Å². The van der Waals surface area contributed by atoms with Crippen LogP contribution in [0.1, 0.15) is 46.4 Å². The van der Waals surface area contributed by atoms with Gasteiger partial charge in [0.2, 0.25) is 5.91 Å². The van der Waals surface area contributed by atoms with E-state index in [1.807, 2.05) is 34.7 Å². The van der Waals surface area contributed by atoms with Crippen LogP contribution >= 0.6 is 0 Å². The molecule has 1 aromatic heterocycles. The zero-order valence-corrected chi connectivity index (χ0v) is 20.1. The Balaban J connectivity index is 1.35. The third-order valence-corrected chi connectivity index (χ3v) is 6.25. The number of rotatable bonds is 7. The van der Waals surface area contributed by atoms with Crippen molar-refractivity contribution >= 4 is 11.8 Å². The standard InChI is InChI=1S/C27H32N4O3/c1-19-6-4-7-21(14-19)9-12-26(32)30-13-5-8-23(17-30)29-27(33)22-10-11-24(25(15-22)34-3)31-16-20(2)28-18-31/h4,6-7,10-11,14-16,18,23H,5,8-9,12-13,17H2,1-3H3,(H,29,33). The number of hydrogen-bond donors (Lipinski definition) is 1. The molecule has 1 fully saturated rings. The van der Waals surface area contributed by atoms with Crippen molar-refractivity contribution in [2.45, 2.75) is 45.6 Å². The first-order valence-corrected chi connectivity index (χ1v) is 11.8. The Labute approximate surface area is 200 Å². The summed E-state index contributed by atoms with van der Waals surface area (Å²) < 4.78 is 7.40. The van der Waals surface area contributed by atoms with Crippen LogP contribution in [0, 0.1) is 13.8 Å². The highest BCUT2D eigenvalue weighted by atomic mass is 16.5. The summed E-state index contributed by atoms with van der Waals surface area (Å²) in [6, 6.07) is 13.6. The van der Waals surface area contributed by atoms with Crippen molar-refractivity contribution in [3.8, 4) is 11.4 Å². The molecule has 2 aromatic carbocycles. The van der Waals surface area contributed by atoms with Crippen molar-refractivity contribution < 1.29 is 14.3 Å². The number of nitrogens with zero attached hydrogens (tertiary/aromatic N) is 3. The summed E-state index contributed by atoms with van der Waals surface area (Å²) in [5.74, 6) is 0.578. The second kappa shape index (κ2) is 10.5. The van der Waals surface area contributed by atoms with Gasteiger partial charge in [-0.3, -0.25) is 9.59 Å². The summed E-state index contributed by atoms with van der Waals surface area (Å²) in [5.41, 5.74) is 4.64. The quantitative estimate of drug-likeness (QED) is 0.581. The summed E-state index contributed by atoms with van der Waals surface area (Å²) >= 11 is 0. The number of methoxy groups -OCH3 is 1. The number of carbonyl (C=O) groups is 2. The second-order valence-corrected chi connectivity index (χ2v) is 8.95. The highest BCUT2D eigenvalue weighted by molar-refractivity contribution is 5.95. The van der Waals surface area contributed by atoms with Gasteiger partial charge in [0.1, 0.15) is 5.75 Å². The number of likely N-dealkylation sites (tertiary alicyclic amines) is 1. The number of carbonyl (C=O) groups excluding carboxylic acids is 2. The predicted molar refractivity (Wildman–Crippen MR) is 131 cm³/mol. The molecule has 1 saturated heterocycles. The molecule has 0 saturated carbocycles. The third kappa shape index (κ3) is 5.65. The molecule has 1 N–H and O–H groups in total. The minimum atomic E-state index is -0.161. The number of imidazole rings is 1. The van der Waals surface area contributed by atoms with E-state index in [1.165, 1.54) is 11.1 Å². The van der Waals surface area contributed by atoms with Gasteiger partial charge in [0.25, 0.3) is 5.91 Å². The van der Waals surface area contributed by atoms with Gasteiger partial charge in [0.05, 0.1) is 24.8 Å². The highest BCUT2D eigenvalue weighted by Gasteiger charge is 2.25. The fraction of sp³-hybridized carbons (Fsp3) is 0.370. The molecule has 3 aromatic rings. The van der Waals surface area contributed by atoms with E-state index < -0.39 is 0 Å². The summed E-state index contributed by atoms with van der Waals surface area (Å²) in [7, 11) is 1.59. The average Bonchev–Trinajstić information content (AvgIpc) is 3.28. The van der Waals surface area contributed by atoms with E-state index in [4.69, 9.17) is 4.74 Å². The number of amides is 2. The maximum atomic E-state index is 13.0. The Morgan fingerprint density at radius 1 is 1.18 bits per heavy atom. The molecular formula is C27H32N4O3. The van der Waals surface area contributed by atoms with Crippen LogP contribution in [-0.4, -0.2) is 52.5 Å². The molecule has 1 atom stereocenters. The van der Waals surface area contributed by atoms with E-state index in [0.29, 0.717) is 24.3 Å². The molecule has 0 bridgehead atoms. The number of benzene rings is 2. The fourth-order valence-corrected chi connectivity index (χ4v) is 4.45. The Hall–Kier alpha value is -3.61. The van der Waals surface area contributed by atoms with Crippen LogP contribution in [0.4, 0.5) is 0 Å². The smallest absolute Gasteiger partial charge is 0.251 e. The van der Waals surface area contributed by atoms with Gasteiger partial charge in [-0.1, -0.05) is 29.8 Å². The molecule has 1 unspecified atom stereocenters. The van der Waals surface area contributed by atoms with Gasteiger partial charge in [-0.15, -0.1) is 0 Å². The highest BCUT2D eigenvalue weighted by Crippen LogP contribution is 2.25. The second-order valence-electron chi connectivity index (χ2n) is 8.95. The van der Waals surface area contributed by atoms with Crippen LogP contribution in [0.5, 0.6) is 5.75 Å². The fourth-order valence-electron chi connectivity index (χ4n) is 4.45. The summed E-state index contributed by atoms with van der Waals surface area (Å²) in [4.78, 5) is 31.9. The van der Waals surface area contributed by atoms with Crippen LogP contribution < -0.4 is 10.1 Å². The number of ether oxygens (including phenoxy) is 1. The van der Waals surface area contributed by atoms with Crippen LogP contribution in [0.25, 0.3) is 5.69 Å². The molecule has 7 heteroatoms. The maximum Gasteiger partial charge on any atom is 0.251 e. The lowest BCUT2D eigenvalue weighted by atomic mass is 10.0. The predicted octanol–water partition coefficient (Wildman–Crippen LogP) is 3.85. The van der Waals surface area contributed by atoms with E-state index >= 15 is 0 Å². The Kier molecular flexibility index (Phi) is 7.30.